The highest BCUT2D eigenvalue weighted by Gasteiger charge is 2.30. The summed E-state index contributed by atoms with van der Waals surface area (Å²) in [4.78, 5) is 11.7. The Bertz CT molecular complexity index is 889. The van der Waals surface area contributed by atoms with Crippen molar-refractivity contribution in [3.8, 4) is 11.1 Å². The average molecular weight is 310 g/mol. The highest BCUT2D eigenvalue weighted by Crippen LogP contribution is 2.45. The molecule has 1 aromatic carbocycles. The van der Waals surface area contributed by atoms with Crippen molar-refractivity contribution in [2.24, 2.45) is 0 Å². The lowest BCUT2D eigenvalue weighted by Gasteiger charge is -2.10. The summed E-state index contributed by atoms with van der Waals surface area (Å²) in [5.41, 5.74) is 5.93. The molecule has 3 aromatic rings. The van der Waals surface area contributed by atoms with Gasteiger partial charge in [0.05, 0.1) is 23.1 Å². The zero-order valence-electron chi connectivity index (χ0n) is 13.0. The molecule has 2 heterocycles. The summed E-state index contributed by atoms with van der Waals surface area (Å²) < 4.78 is 0. The van der Waals surface area contributed by atoms with Crippen LogP contribution in [0.4, 0.5) is 10.5 Å². The fourth-order valence-corrected chi connectivity index (χ4v) is 2.95. The maximum absolute atomic E-state index is 11.7. The van der Waals surface area contributed by atoms with Crippen molar-refractivity contribution in [1.29, 1.82) is 0 Å². The van der Waals surface area contributed by atoms with E-state index in [-0.39, 0.29) is 6.03 Å². The van der Waals surface area contributed by atoms with Gasteiger partial charge in [0.15, 0.2) is 0 Å². The molecule has 0 bridgehead atoms. The van der Waals surface area contributed by atoms with Gasteiger partial charge in [0, 0.05) is 29.6 Å². The number of carbonyl (C=O) groups is 1. The fraction of sp³-hybridized carbons (Fsp3) is 0.312. The molecule has 2 amide bonds. The van der Waals surface area contributed by atoms with E-state index in [1.807, 2.05) is 13.0 Å². The number of hydrogen-bond donors (Lipinski definition) is 4. The highest BCUT2D eigenvalue weighted by atomic mass is 16.2. The van der Waals surface area contributed by atoms with Crippen LogP contribution in [0.15, 0.2) is 18.3 Å². The van der Waals surface area contributed by atoms with Crippen LogP contribution in [0.25, 0.3) is 22.0 Å². The van der Waals surface area contributed by atoms with Crippen LogP contribution in [0.5, 0.6) is 0 Å². The Balaban J connectivity index is 1.87. The molecule has 118 valence electrons. The lowest BCUT2D eigenvalue weighted by atomic mass is 9.99. The highest BCUT2D eigenvalue weighted by molar-refractivity contribution is 6.02. The largest absolute Gasteiger partial charge is 0.341 e. The quantitative estimate of drug-likeness (QED) is 0.598. The van der Waals surface area contributed by atoms with Gasteiger partial charge in [-0.25, -0.2) is 4.79 Å². The molecule has 4 N–H and O–H groups in total. The molecule has 1 aliphatic rings. The number of H-pyrrole nitrogens is 2. The van der Waals surface area contributed by atoms with Crippen LogP contribution in [-0.2, 0) is 0 Å². The van der Waals surface area contributed by atoms with E-state index in [0.717, 1.165) is 39.1 Å². The zero-order valence-corrected chi connectivity index (χ0v) is 13.0. The van der Waals surface area contributed by atoms with Gasteiger partial charge < -0.3 is 10.6 Å². The number of nitrogens with zero attached hydrogens (tertiary/aromatic N) is 2. The van der Waals surface area contributed by atoms with Gasteiger partial charge in [-0.2, -0.15) is 10.2 Å². The third-order valence-electron chi connectivity index (χ3n) is 4.26. The number of rotatable bonds is 3. The molecule has 0 aliphatic heterocycles. The molecule has 4 rings (SSSR count). The minimum atomic E-state index is -0.254. The fourth-order valence-electron chi connectivity index (χ4n) is 2.95. The number of nitrogens with one attached hydrogen (secondary N) is 4. The second-order valence-electron chi connectivity index (χ2n) is 5.94. The number of aryl methyl sites for hydroxylation is 1. The number of anilines is 1. The lowest BCUT2D eigenvalue weighted by molar-refractivity contribution is 0.254. The van der Waals surface area contributed by atoms with Gasteiger partial charge in [0.25, 0.3) is 0 Å². The van der Waals surface area contributed by atoms with Crippen LogP contribution in [0.1, 0.15) is 30.1 Å². The Morgan fingerprint density at radius 3 is 2.87 bits per heavy atom. The smallest absolute Gasteiger partial charge is 0.318 e. The van der Waals surface area contributed by atoms with E-state index in [9.17, 15) is 4.79 Å². The number of fused-ring (bicyclic) bond motifs is 1. The minimum Gasteiger partial charge on any atom is -0.341 e. The first kappa shape index (κ1) is 13.8. The summed E-state index contributed by atoms with van der Waals surface area (Å²) in [5.74, 6) is 0.544. The standard InChI is InChI=1S/C16H18N6O/c1-8-14(15(22-20-8)9-3-4-9)10-5-12(19-16(23)17-2)11-7-18-21-13(11)6-10/h5-7,9H,3-4H2,1-2H3,(H,18,21)(H,20,22)(H2,17,19,23). The minimum absolute atomic E-state index is 0.254. The predicted octanol–water partition coefficient (Wildman–Crippen LogP) is 2.89. The molecule has 0 saturated heterocycles. The van der Waals surface area contributed by atoms with Crippen molar-refractivity contribution in [2.75, 3.05) is 12.4 Å². The maximum Gasteiger partial charge on any atom is 0.318 e. The van der Waals surface area contributed by atoms with Gasteiger partial charge in [-0.3, -0.25) is 10.2 Å². The number of hydrogen-bond acceptors (Lipinski definition) is 3. The van der Waals surface area contributed by atoms with Crippen LogP contribution in [0.3, 0.4) is 0 Å². The van der Waals surface area contributed by atoms with Gasteiger partial charge in [-0.15, -0.1) is 0 Å². The van der Waals surface area contributed by atoms with Crippen molar-refractivity contribution in [2.45, 2.75) is 25.7 Å². The van der Waals surface area contributed by atoms with E-state index in [1.54, 1.807) is 13.2 Å². The number of benzene rings is 1. The average Bonchev–Trinajstić information content (AvgIpc) is 3.14. The lowest BCUT2D eigenvalue weighted by Crippen LogP contribution is -2.24. The molecule has 2 aromatic heterocycles. The van der Waals surface area contributed by atoms with Crippen LogP contribution in [0.2, 0.25) is 0 Å². The zero-order chi connectivity index (χ0) is 16.0. The molecular weight excluding hydrogens is 292 g/mol. The number of aromatic amines is 2. The number of aromatic nitrogens is 4. The normalized spacial score (nSPS) is 14.2. The van der Waals surface area contributed by atoms with Crippen LogP contribution >= 0.6 is 0 Å². The molecular formula is C16H18N6O. The second kappa shape index (κ2) is 5.12. The van der Waals surface area contributed by atoms with E-state index in [0.29, 0.717) is 5.92 Å². The van der Waals surface area contributed by atoms with E-state index in [1.165, 1.54) is 12.8 Å². The first-order valence-corrected chi connectivity index (χ1v) is 7.68. The molecule has 0 radical (unpaired) electrons. The number of amides is 2. The monoisotopic (exact) mass is 310 g/mol. The molecule has 0 atom stereocenters. The van der Waals surface area contributed by atoms with E-state index >= 15 is 0 Å². The van der Waals surface area contributed by atoms with Gasteiger partial charge in [0.2, 0.25) is 0 Å². The summed E-state index contributed by atoms with van der Waals surface area (Å²) in [6, 6.07) is 3.79. The summed E-state index contributed by atoms with van der Waals surface area (Å²) in [7, 11) is 1.59. The van der Waals surface area contributed by atoms with Gasteiger partial charge in [-0.05, 0) is 37.5 Å². The maximum atomic E-state index is 11.7. The summed E-state index contributed by atoms with van der Waals surface area (Å²) in [6.45, 7) is 2.03. The SMILES string of the molecule is CNC(=O)Nc1cc(-c2c(C3CC3)n[nH]c2C)cc2[nH]ncc12. The molecule has 7 nitrogen and oxygen atoms in total. The summed E-state index contributed by atoms with van der Waals surface area (Å²) in [6.07, 6.45) is 4.09. The Labute approximate surface area is 132 Å². The summed E-state index contributed by atoms with van der Waals surface area (Å²) >= 11 is 0. The van der Waals surface area contributed by atoms with E-state index in [4.69, 9.17) is 0 Å². The summed E-state index contributed by atoms with van der Waals surface area (Å²) in [5, 5.41) is 21.0. The Morgan fingerprint density at radius 1 is 1.30 bits per heavy atom. The van der Waals surface area contributed by atoms with Crippen LogP contribution < -0.4 is 10.6 Å². The molecule has 23 heavy (non-hydrogen) atoms. The number of carbonyl (C=O) groups excluding carboxylic acids is 1. The number of urea groups is 1. The van der Waals surface area contributed by atoms with E-state index < -0.39 is 0 Å². The Hall–Kier alpha value is -2.83. The molecule has 1 saturated carbocycles. The van der Waals surface area contributed by atoms with Gasteiger partial charge in [0.1, 0.15) is 0 Å². The Kier molecular flexibility index (Phi) is 3.07. The first-order valence-electron chi connectivity index (χ1n) is 7.68. The predicted molar refractivity (Wildman–Crippen MR) is 88.5 cm³/mol. The van der Waals surface area contributed by atoms with Crippen LogP contribution in [-0.4, -0.2) is 33.5 Å². The van der Waals surface area contributed by atoms with Gasteiger partial charge >= 0.3 is 6.03 Å². The topological polar surface area (TPSA) is 98.5 Å². The molecule has 1 aliphatic carbocycles. The van der Waals surface area contributed by atoms with Crippen molar-refractivity contribution >= 4 is 22.6 Å². The van der Waals surface area contributed by atoms with Crippen LogP contribution in [0, 0.1) is 6.92 Å². The van der Waals surface area contributed by atoms with Crippen molar-refractivity contribution in [3.63, 3.8) is 0 Å². The third kappa shape index (κ3) is 2.34. The van der Waals surface area contributed by atoms with E-state index in [2.05, 4.69) is 37.1 Å². The molecule has 0 unspecified atom stereocenters. The second-order valence-corrected chi connectivity index (χ2v) is 5.94. The first-order chi connectivity index (χ1) is 11.2. The molecule has 7 heteroatoms. The van der Waals surface area contributed by atoms with Crippen molar-refractivity contribution in [3.05, 3.63) is 29.7 Å². The molecule has 1 fully saturated rings. The third-order valence-corrected chi connectivity index (χ3v) is 4.26. The van der Waals surface area contributed by atoms with Crippen molar-refractivity contribution in [1.82, 2.24) is 25.7 Å². The Morgan fingerprint density at radius 2 is 2.13 bits per heavy atom. The molecule has 0 spiro atoms. The van der Waals surface area contributed by atoms with Gasteiger partial charge in [-0.1, -0.05) is 0 Å². The van der Waals surface area contributed by atoms with Crippen molar-refractivity contribution < 1.29 is 4.79 Å².